The maximum absolute atomic E-state index is 14.5. The van der Waals surface area contributed by atoms with Crippen molar-refractivity contribution in [2.45, 2.75) is 0 Å². The maximum Gasteiger partial charge on any atom is 0.247 e. The summed E-state index contributed by atoms with van der Waals surface area (Å²) in [5.74, 6) is -2.14. The number of imidazole rings is 1. The van der Waals surface area contributed by atoms with Crippen LogP contribution in [0.5, 0.6) is 5.75 Å². The molecule has 0 bridgehead atoms. The average Bonchev–Trinajstić information content (AvgIpc) is 3.32. The summed E-state index contributed by atoms with van der Waals surface area (Å²) in [5, 5.41) is 5.83. The molecule has 0 fully saturated rings. The van der Waals surface area contributed by atoms with Crippen LogP contribution in [0.2, 0.25) is 0 Å². The molecule has 0 aliphatic rings. The average molecular weight is 540 g/mol. The molecule has 0 unspecified atom stereocenters. The standard InChI is InChI=1S/C27H30F2N8O2/c1-7-24(38)31-19-14-20(23(39-6)15-21(19)36(4)11-10-35(2)3)33-27-30-9-8-18(32-27)26-34-25-17(29)12-16(28)13-22(25)37(26)5/h7-9,12-15H,1,10-11H2,2-6H3,(H,31,38)(H,30,32,33)/i5D3. The first-order valence-corrected chi connectivity index (χ1v) is 11.8. The number of amides is 1. The van der Waals surface area contributed by atoms with Crippen LogP contribution in [0.25, 0.3) is 22.6 Å². The van der Waals surface area contributed by atoms with Gasteiger partial charge in [-0.3, -0.25) is 4.79 Å². The first-order chi connectivity index (χ1) is 19.8. The molecule has 2 N–H and O–H groups in total. The van der Waals surface area contributed by atoms with Crippen LogP contribution in [0, 0.1) is 11.6 Å². The van der Waals surface area contributed by atoms with E-state index in [0.717, 1.165) is 23.3 Å². The van der Waals surface area contributed by atoms with Crippen molar-refractivity contribution in [1.29, 1.82) is 0 Å². The Balaban J connectivity index is 1.78. The van der Waals surface area contributed by atoms with Gasteiger partial charge in [-0.1, -0.05) is 6.58 Å². The molecule has 0 radical (unpaired) electrons. The number of benzene rings is 2. The van der Waals surface area contributed by atoms with Gasteiger partial charge in [0.25, 0.3) is 0 Å². The van der Waals surface area contributed by atoms with Gasteiger partial charge in [0.2, 0.25) is 11.9 Å². The van der Waals surface area contributed by atoms with Gasteiger partial charge in [-0.25, -0.2) is 23.7 Å². The first kappa shape index (κ1) is 23.5. The zero-order valence-corrected chi connectivity index (χ0v) is 21.9. The maximum atomic E-state index is 14.5. The van der Waals surface area contributed by atoms with E-state index in [1.165, 1.54) is 19.4 Å². The summed E-state index contributed by atoms with van der Waals surface area (Å²) in [6.07, 6.45) is 2.51. The lowest BCUT2D eigenvalue weighted by molar-refractivity contribution is -0.111. The van der Waals surface area contributed by atoms with Crippen LogP contribution in [0.3, 0.4) is 0 Å². The van der Waals surface area contributed by atoms with Gasteiger partial charge in [-0.15, -0.1) is 0 Å². The fourth-order valence-corrected chi connectivity index (χ4v) is 3.85. The molecule has 0 spiro atoms. The van der Waals surface area contributed by atoms with Crippen molar-refractivity contribution in [1.82, 2.24) is 24.4 Å². The summed E-state index contributed by atoms with van der Waals surface area (Å²) in [5.41, 5.74) is 1.02. The SMILES string of the molecule is [2H]C([2H])([2H])n1c(-c2ccnc(Nc3cc(NC(=O)C=C)c(N(C)CCN(C)C)cc3OC)n2)nc2c(F)cc(F)cc21. The number of rotatable bonds is 10. The fourth-order valence-electron chi connectivity index (χ4n) is 3.85. The third-order valence-corrected chi connectivity index (χ3v) is 5.86. The monoisotopic (exact) mass is 539 g/mol. The van der Waals surface area contributed by atoms with E-state index in [1.807, 2.05) is 30.9 Å². The van der Waals surface area contributed by atoms with Gasteiger partial charge < -0.3 is 29.7 Å². The molecular weight excluding hydrogens is 506 g/mol. The number of carbonyl (C=O) groups is 1. The third kappa shape index (κ3) is 5.96. The highest BCUT2D eigenvalue weighted by Crippen LogP contribution is 2.38. The van der Waals surface area contributed by atoms with Crippen LogP contribution in [0.1, 0.15) is 4.11 Å². The highest BCUT2D eigenvalue weighted by Gasteiger charge is 2.19. The Labute approximate surface area is 229 Å². The predicted molar refractivity (Wildman–Crippen MR) is 149 cm³/mol. The fraction of sp³-hybridized carbons (Fsp3) is 0.259. The molecule has 4 aromatic rings. The Bertz CT molecular complexity index is 1640. The van der Waals surface area contributed by atoms with Crippen molar-refractivity contribution in [3.63, 3.8) is 0 Å². The number of halogens is 2. The highest BCUT2D eigenvalue weighted by atomic mass is 19.1. The minimum Gasteiger partial charge on any atom is -0.494 e. The third-order valence-electron chi connectivity index (χ3n) is 5.86. The van der Waals surface area contributed by atoms with Crippen molar-refractivity contribution >= 4 is 40.0 Å². The number of aryl methyl sites for hydroxylation is 1. The highest BCUT2D eigenvalue weighted by molar-refractivity contribution is 6.02. The smallest absolute Gasteiger partial charge is 0.247 e. The summed E-state index contributed by atoms with van der Waals surface area (Å²) in [7, 11) is 7.28. The van der Waals surface area contributed by atoms with E-state index in [4.69, 9.17) is 8.85 Å². The van der Waals surface area contributed by atoms with Crippen LogP contribution >= 0.6 is 0 Å². The molecule has 1 amide bonds. The lowest BCUT2D eigenvalue weighted by Gasteiger charge is -2.26. The van der Waals surface area contributed by atoms with Gasteiger partial charge in [0, 0.05) is 49.6 Å². The zero-order chi connectivity index (χ0) is 30.8. The largest absolute Gasteiger partial charge is 0.494 e. The number of likely N-dealkylation sites (N-methyl/N-ethyl adjacent to an activating group) is 2. The van der Waals surface area contributed by atoms with E-state index >= 15 is 0 Å². The van der Waals surface area contributed by atoms with Crippen LogP contribution in [-0.4, -0.2) is 71.7 Å². The van der Waals surface area contributed by atoms with Gasteiger partial charge in [-0.05, 0) is 38.4 Å². The minimum atomic E-state index is -2.82. The molecule has 10 nitrogen and oxygen atoms in total. The summed E-state index contributed by atoms with van der Waals surface area (Å²) >= 11 is 0. The van der Waals surface area contributed by atoms with Gasteiger partial charge in [0.15, 0.2) is 11.6 Å². The number of methoxy groups -OCH3 is 1. The second-order valence-corrected chi connectivity index (χ2v) is 8.90. The van der Waals surface area contributed by atoms with Crippen molar-refractivity contribution in [2.24, 2.45) is 6.98 Å². The molecule has 0 saturated heterocycles. The van der Waals surface area contributed by atoms with Crippen molar-refractivity contribution < 1.29 is 22.4 Å². The number of aromatic nitrogens is 4. The Morgan fingerprint density at radius 3 is 2.67 bits per heavy atom. The van der Waals surface area contributed by atoms with Crippen LogP contribution in [-0.2, 0) is 11.8 Å². The molecule has 4 rings (SSSR count). The Morgan fingerprint density at radius 2 is 1.97 bits per heavy atom. The number of carbonyl (C=O) groups excluding carboxylic acids is 1. The molecule has 0 saturated carbocycles. The molecule has 0 aliphatic carbocycles. The molecule has 0 aliphatic heterocycles. The number of nitrogens with zero attached hydrogens (tertiary/aromatic N) is 6. The van der Waals surface area contributed by atoms with E-state index in [2.05, 4.69) is 32.2 Å². The number of hydrogen-bond donors (Lipinski definition) is 2. The second-order valence-electron chi connectivity index (χ2n) is 8.90. The molecule has 2 heterocycles. The lowest BCUT2D eigenvalue weighted by atomic mass is 10.2. The topological polar surface area (TPSA) is 100 Å². The Morgan fingerprint density at radius 1 is 1.18 bits per heavy atom. The zero-order valence-electron chi connectivity index (χ0n) is 24.9. The molecule has 2 aromatic heterocycles. The second kappa shape index (κ2) is 11.4. The van der Waals surface area contributed by atoms with Gasteiger partial charge >= 0.3 is 0 Å². The first-order valence-electron chi connectivity index (χ1n) is 13.3. The normalized spacial score (nSPS) is 12.5. The Hall–Kier alpha value is -4.58. The van der Waals surface area contributed by atoms with Crippen LogP contribution < -0.4 is 20.3 Å². The van der Waals surface area contributed by atoms with E-state index in [-0.39, 0.29) is 28.5 Å². The number of anilines is 4. The van der Waals surface area contributed by atoms with E-state index < -0.39 is 24.5 Å². The quantitative estimate of drug-likeness (QED) is 0.290. The van der Waals surface area contributed by atoms with E-state index in [1.54, 1.807) is 12.1 Å². The minimum absolute atomic E-state index is 0.0244. The lowest BCUT2D eigenvalue weighted by Crippen LogP contribution is -2.29. The number of fused-ring (bicyclic) bond motifs is 1. The van der Waals surface area contributed by atoms with Gasteiger partial charge in [0.05, 0.1) is 29.7 Å². The van der Waals surface area contributed by atoms with E-state index in [9.17, 15) is 13.6 Å². The molecular formula is C27H30F2N8O2. The van der Waals surface area contributed by atoms with Gasteiger partial charge in [-0.2, -0.15) is 0 Å². The molecule has 12 heteroatoms. The van der Waals surface area contributed by atoms with Crippen LogP contribution in [0.4, 0.5) is 31.8 Å². The Kier molecular flexibility index (Phi) is 6.90. The van der Waals surface area contributed by atoms with Crippen molar-refractivity contribution in [3.8, 4) is 17.3 Å². The summed E-state index contributed by atoms with van der Waals surface area (Å²) in [4.78, 5) is 29.0. The summed E-state index contributed by atoms with van der Waals surface area (Å²) in [6, 6.07) is 6.33. The predicted octanol–water partition coefficient (Wildman–Crippen LogP) is 4.18. The summed E-state index contributed by atoms with van der Waals surface area (Å²) < 4.78 is 58.8. The van der Waals surface area contributed by atoms with E-state index in [0.29, 0.717) is 35.4 Å². The number of nitrogens with one attached hydrogen (secondary N) is 2. The molecule has 2 aromatic carbocycles. The van der Waals surface area contributed by atoms with Crippen LogP contribution in [0.15, 0.2) is 49.2 Å². The van der Waals surface area contributed by atoms with Crippen molar-refractivity contribution in [3.05, 3.63) is 60.8 Å². The molecule has 39 heavy (non-hydrogen) atoms. The number of hydrogen-bond acceptors (Lipinski definition) is 8. The van der Waals surface area contributed by atoms with Crippen molar-refractivity contribution in [2.75, 3.05) is 56.9 Å². The summed E-state index contributed by atoms with van der Waals surface area (Å²) in [6.45, 7) is 2.11. The molecule has 204 valence electrons. The van der Waals surface area contributed by atoms with Gasteiger partial charge in [0.1, 0.15) is 22.8 Å². The molecule has 0 atom stereocenters. The number of ether oxygens (including phenoxy) is 1.